The van der Waals surface area contributed by atoms with Gasteiger partial charge in [-0.3, -0.25) is 9.59 Å². The lowest BCUT2D eigenvalue weighted by atomic mass is 10.0. The first-order chi connectivity index (χ1) is 28.4. The quantitative estimate of drug-likeness (QED) is 0.121. The zero-order valence-electron chi connectivity index (χ0n) is 34.5. The predicted molar refractivity (Wildman–Crippen MR) is 219 cm³/mol. The Hall–Kier alpha value is -5.66. The number of rotatable bonds is 12. The monoisotopic (exact) mass is 802 g/mol. The van der Waals surface area contributed by atoms with E-state index in [0.717, 1.165) is 66.3 Å². The van der Waals surface area contributed by atoms with E-state index in [1.165, 1.54) is 25.3 Å². The second-order valence-corrected chi connectivity index (χ2v) is 17.9. The van der Waals surface area contributed by atoms with Crippen molar-refractivity contribution in [1.29, 1.82) is 0 Å². The number of nitrogens with zero attached hydrogens (tertiary/aromatic N) is 4. The highest BCUT2D eigenvalue weighted by Gasteiger charge is 2.57. The van der Waals surface area contributed by atoms with Gasteiger partial charge in [-0.15, -0.1) is 0 Å². The molecule has 3 saturated carbocycles. The van der Waals surface area contributed by atoms with Gasteiger partial charge in [0.05, 0.1) is 50.1 Å². The summed E-state index contributed by atoms with van der Waals surface area (Å²) in [7, 11) is 2.62. The normalized spacial score (nSPS) is 27.2. The Kier molecular flexibility index (Phi) is 9.99. The number of hydrogen-bond acceptors (Lipinski definition) is 8. The van der Waals surface area contributed by atoms with Crippen LogP contribution in [0.25, 0.3) is 22.5 Å². The lowest BCUT2D eigenvalue weighted by Gasteiger charge is -2.31. The molecule has 5 aliphatic rings. The summed E-state index contributed by atoms with van der Waals surface area (Å²) < 4.78 is 9.60. The lowest BCUT2D eigenvalue weighted by molar-refractivity contribution is -0.137. The Morgan fingerprint density at radius 1 is 0.610 bits per heavy atom. The molecule has 10 atom stereocenters. The second-order valence-electron chi connectivity index (χ2n) is 17.9. The Balaban J connectivity index is 0.827. The van der Waals surface area contributed by atoms with E-state index in [9.17, 15) is 19.2 Å². The summed E-state index contributed by atoms with van der Waals surface area (Å²) in [4.78, 5) is 72.1. The molecule has 2 aromatic heterocycles. The molecule has 2 aromatic carbocycles. The van der Waals surface area contributed by atoms with Gasteiger partial charge >= 0.3 is 12.2 Å². The van der Waals surface area contributed by atoms with Crippen LogP contribution in [0, 0.1) is 23.7 Å². The fourth-order valence-corrected chi connectivity index (χ4v) is 9.81. The first kappa shape index (κ1) is 38.8. The molecule has 4 heterocycles. The second kappa shape index (κ2) is 15.2. The Morgan fingerprint density at radius 3 is 1.36 bits per heavy atom. The molecule has 4 N–H and O–H groups in total. The minimum atomic E-state index is -0.665. The van der Waals surface area contributed by atoms with Gasteiger partial charge < -0.3 is 39.9 Å². The molecule has 5 fully saturated rings. The van der Waals surface area contributed by atoms with Gasteiger partial charge in [-0.2, -0.15) is 0 Å². The number of carbonyl (C=O) groups excluding carboxylic acids is 4. The van der Waals surface area contributed by atoms with Crippen molar-refractivity contribution in [3.8, 4) is 22.5 Å². The topological polar surface area (TPSA) is 175 Å². The SMILES string of the molecule is COC(=O)N[C@H](C(=O)N1[C@@H]2C[C@@H]2C[C@H]1c1ncc(-c2ccc([C@H]3C[C@H]3c3ccc(-c4cnc([C@@H]5C[C@H]6C[C@H]6N5C(=O)[C@H](NC(=O)OC)C(C)C)[nH]4)cc3)cc2)[nH]1)C(C)C. The van der Waals surface area contributed by atoms with Gasteiger partial charge in [-0.1, -0.05) is 76.2 Å². The summed E-state index contributed by atoms with van der Waals surface area (Å²) in [5.41, 5.74) is 6.53. The molecule has 0 unspecified atom stereocenters. The number of likely N-dealkylation sites (tertiary alicyclic amines) is 2. The molecule has 9 rings (SSSR count). The molecule has 14 heteroatoms. The number of nitrogens with one attached hydrogen (secondary N) is 4. The number of aromatic amines is 2. The summed E-state index contributed by atoms with van der Waals surface area (Å²) in [5.74, 6) is 3.03. The molecule has 3 aliphatic carbocycles. The van der Waals surface area contributed by atoms with Gasteiger partial charge in [0, 0.05) is 12.1 Å². The first-order valence-electron chi connectivity index (χ1n) is 21.1. The maximum absolute atomic E-state index is 13.8. The number of piperidine rings is 2. The van der Waals surface area contributed by atoms with Crippen molar-refractivity contribution in [3.05, 3.63) is 83.7 Å². The molecule has 4 amide bonds. The molecule has 0 radical (unpaired) electrons. The van der Waals surface area contributed by atoms with E-state index in [-0.39, 0.29) is 47.8 Å². The van der Waals surface area contributed by atoms with Gasteiger partial charge in [0.25, 0.3) is 0 Å². The van der Waals surface area contributed by atoms with Gasteiger partial charge in [-0.25, -0.2) is 19.6 Å². The van der Waals surface area contributed by atoms with Gasteiger partial charge in [0.2, 0.25) is 11.8 Å². The number of hydrogen-bond donors (Lipinski definition) is 4. The van der Waals surface area contributed by atoms with Crippen LogP contribution in [0.4, 0.5) is 9.59 Å². The van der Waals surface area contributed by atoms with Crippen LogP contribution in [0.1, 0.15) is 106 Å². The molecular weight excluding hydrogens is 749 g/mol. The maximum atomic E-state index is 13.8. The standard InChI is InChI=1S/C45H54N8O6/c1-22(2)38(50-44(56)58-5)42(54)52-34-15-28(34)17-36(52)40-46-20-32(48-40)26-11-7-24(8-12-26)30-19-31(30)25-9-13-27(14-10-25)33-21-47-41(49-33)37-18-29-16-35(29)53(37)43(55)39(23(3)4)51-45(57)59-6/h7-14,20-23,28-31,34-39H,15-19H2,1-6H3,(H,46,48)(H,47,49)(H,50,56)(H,51,57)/t28-,29-,30-,31+,34-,35-,36+,37+,38+,39-/m1/s1. The average Bonchev–Trinajstić information content (AvgIpc) is 4.16. The van der Waals surface area contributed by atoms with Gasteiger partial charge in [0.15, 0.2) is 0 Å². The van der Waals surface area contributed by atoms with Crippen LogP contribution in [-0.2, 0) is 19.1 Å². The lowest BCUT2D eigenvalue weighted by Crippen LogP contribution is -2.52. The van der Waals surface area contributed by atoms with Gasteiger partial charge in [-0.05, 0) is 89.9 Å². The third-order valence-corrected chi connectivity index (χ3v) is 13.4. The molecule has 0 bridgehead atoms. The number of methoxy groups -OCH3 is 2. The van der Waals surface area contributed by atoms with Crippen LogP contribution < -0.4 is 10.6 Å². The zero-order valence-corrected chi connectivity index (χ0v) is 34.5. The van der Waals surface area contributed by atoms with Crippen molar-refractivity contribution >= 4 is 24.0 Å². The van der Waals surface area contributed by atoms with E-state index in [1.807, 2.05) is 49.9 Å². The van der Waals surface area contributed by atoms with Crippen LogP contribution >= 0.6 is 0 Å². The third kappa shape index (κ3) is 7.35. The third-order valence-electron chi connectivity index (χ3n) is 13.4. The zero-order chi connectivity index (χ0) is 41.3. The average molecular weight is 803 g/mol. The Morgan fingerprint density at radius 2 is 1.00 bits per heavy atom. The first-order valence-corrected chi connectivity index (χ1v) is 21.1. The number of fused-ring (bicyclic) bond motifs is 2. The van der Waals surface area contributed by atoms with Crippen LogP contribution in [0.5, 0.6) is 0 Å². The number of carbonyl (C=O) groups is 4. The van der Waals surface area contributed by atoms with Crippen molar-refractivity contribution in [2.75, 3.05) is 14.2 Å². The van der Waals surface area contributed by atoms with Crippen LogP contribution in [0.15, 0.2) is 60.9 Å². The highest BCUT2D eigenvalue weighted by molar-refractivity contribution is 5.88. The molecular formula is C45H54N8O6. The van der Waals surface area contributed by atoms with E-state index < -0.39 is 24.3 Å². The van der Waals surface area contributed by atoms with E-state index in [1.54, 1.807) is 0 Å². The maximum Gasteiger partial charge on any atom is 0.407 e. The number of ether oxygens (including phenoxy) is 2. The van der Waals surface area contributed by atoms with Crippen LogP contribution in [0.3, 0.4) is 0 Å². The molecule has 4 aromatic rings. The van der Waals surface area contributed by atoms with Crippen LogP contribution in [-0.4, -0.2) is 92.1 Å². The van der Waals surface area contributed by atoms with Crippen molar-refractivity contribution in [2.24, 2.45) is 23.7 Å². The van der Waals surface area contributed by atoms with Crippen molar-refractivity contribution in [3.63, 3.8) is 0 Å². The largest absolute Gasteiger partial charge is 0.453 e. The van der Waals surface area contributed by atoms with Crippen molar-refractivity contribution in [2.45, 2.75) is 108 Å². The number of aromatic nitrogens is 4. The highest BCUT2D eigenvalue weighted by atomic mass is 16.5. The van der Waals surface area contributed by atoms with Crippen LogP contribution in [0.2, 0.25) is 0 Å². The number of benzene rings is 2. The molecule has 14 nitrogen and oxygen atoms in total. The van der Waals surface area contributed by atoms with Crippen molar-refractivity contribution < 1.29 is 28.7 Å². The molecule has 0 spiro atoms. The summed E-state index contributed by atoms with van der Waals surface area (Å²) >= 11 is 0. The highest BCUT2D eigenvalue weighted by Crippen LogP contribution is 2.56. The number of amides is 4. The molecule has 2 aliphatic heterocycles. The molecule has 310 valence electrons. The van der Waals surface area contributed by atoms with E-state index in [4.69, 9.17) is 19.4 Å². The smallest absolute Gasteiger partial charge is 0.407 e. The Bertz CT molecular complexity index is 2080. The molecule has 2 saturated heterocycles. The predicted octanol–water partition coefficient (Wildman–Crippen LogP) is 6.82. The number of imidazole rings is 2. The number of alkyl carbamates (subject to hydrolysis) is 2. The van der Waals surface area contributed by atoms with Crippen molar-refractivity contribution in [1.82, 2.24) is 40.4 Å². The minimum absolute atomic E-state index is 0.0864. The summed E-state index contributed by atoms with van der Waals surface area (Å²) in [6.45, 7) is 7.71. The Labute approximate surface area is 344 Å². The fraction of sp³-hybridized carbons (Fsp3) is 0.511. The van der Waals surface area contributed by atoms with E-state index in [0.29, 0.717) is 23.7 Å². The van der Waals surface area contributed by atoms with E-state index in [2.05, 4.69) is 69.1 Å². The fourth-order valence-electron chi connectivity index (χ4n) is 9.81. The summed E-state index contributed by atoms with van der Waals surface area (Å²) in [5, 5.41) is 5.49. The summed E-state index contributed by atoms with van der Waals surface area (Å²) in [6.07, 6.45) is 7.29. The summed E-state index contributed by atoms with van der Waals surface area (Å²) in [6, 6.07) is 16.1. The number of H-pyrrole nitrogens is 2. The van der Waals surface area contributed by atoms with Gasteiger partial charge in [0.1, 0.15) is 23.7 Å². The minimum Gasteiger partial charge on any atom is -0.453 e. The van der Waals surface area contributed by atoms with E-state index >= 15 is 0 Å². The molecule has 59 heavy (non-hydrogen) atoms.